The molecule has 27 heavy (non-hydrogen) atoms. The lowest BCUT2D eigenvalue weighted by molar-refractivity contribution is -0.125. The van der Waals surface area contributed by atoms with Gasteiger partial charge in [-0.2, -0.15) is 0 Å². The molecule has 0 spiro atoms. The monoisotopic (exact) mass is 374 g/mol. The zero-order chi connectivity index (χ0) is 19.4. The molecule has 0 aliphatic heterocycles. The molecule has 0 aromatic heterocycles. The first-order valence-electron chi connectivity index (χ1n) is 8.64. The lowest BCUT2D eigenvalue weighted by atomic mass is 10.1. The van der Waals surface area contributed by atoms with E-state index in [4.69, 9.17) is 4.74 Å². The Hall–Kier alpha value is -2.96. The number of carbonyl (C=O) groups excluding carboxylic acids is 2. The van der Waals surface area contributed by atoms with Gasteiger partial charge in [0.15, 0.2) is 11.6 Å². The molecule has 3 rings (SSSR count). The summed E-state index contributed by atoms with van der Waals surface area (Å²) in [6, 6.07) is 10.7. The number of hydrogen-bond acceptors (Lipinski definition) is 3. The van der Waals surface area contributed by atoms with Gasteiger partial charge < -0.3 is 15.4 Å². The van der Waals surface area contributed by atoms with E-state index in [1.807, 2.05) is 24.3 Å². The molecule has 0 radical (unpaired) electrons. The van der Waals surface area contributed by atoms with Gasteiger partial charge in [0, 0.05) is 18.3 Å². The average Bonchev–Trinajstić information content (AvgIpc) is 3.46. The van der Waals surface area contributed by atoms with Crippen LogP contribution in [0.4, 0.5) is 14.5 Å². The second-order valence-corrected chi connectivity index (χ2v) is 6.46. The molecule has 142 valence electrons. The third-order valence-corrected chi connectivity index (χ3v) is 4.50. The highest BCUT2D eigenvalue weighted by molar-refractivity contribution is 5.99. The minimum atomic E-state index is -1.03. The third kappa shape index (κ3) is 4.81. The SMILES string of the molecule is COc1cccc(CCNC(=O)C2CC2C(=O)Nc2ccc(F)c(F)c2)c1. The maximum absolute atomic E-state index is 13.2. The van der Waals surface area contributed by atoms with Gasteiger partial charge in [-0.25, -0.2) is 8.78 Å². The summed E-state index contributed by atoms with van der Waals surface area (Å²) in [4.78, 5) is 24.3. The van der Waals surface area contributed by atoms with Crippen molar-refractivity contribution < 1.29 is 23.1 Å². The lowest BCUT2D eigenvalue weighted by Crippen LogP contribution is -2.29. The van der Waals surface area contributed by atoms with Crippen molar-refractivity contribution in [3.63, 3.8) is 0 Å². The maximum atomic E-state index is 13.2. The highest BCUT2D eigenvalue weighted by Crippen LogP contribution is 2.39. The van der Waals surface area contributed by atoms with Crippen LogP contribution in [0.15, 0.2) is 42.5 Å². The molecule has 2 amide bonds. The average molecular weight is 374 g/mol. The number of halogens is 2. The largest absolute Gasteiger partial charge is 0.497 e. The van der Waals surface area contributed by atoms with E-state index in [1.54, 1.807) is 7.11 Å². The van der Waals surface area contributed by atoms with Gasteiger partial charge in [-0.3, -0.25) is 9.59 Å². The third-order valence-electron chi connectivity index (χ3n) is 4.50. The Balaban J connectivity index is 1.44. The summed E-state index contributed by atoms with van der Waals surface area (Å²) < 4.78 is 31.2. The fourth-order valence-corrected chi connectivity index (χ4v) is 2.87. The van der Waals surface area contributed by atoms with Crippen molar-refractivity contribution in [3.8, 4) is 5.75 Å². The summed E-state index contributed by atoms with van der Waals surface area (Å²) in [7, 11) is 1.60. The second kappa shape index (κ2) is 8.16. The minimum absolute atomic E-state index is 0.169. The molecular formula is C20H20F2N2O3. The van der Waals surface area contributed by atoms with E-state index in [2.05, 4.69) is 10.6 Å². The summed E-state index contributed by atoms with van der Waals surface area (Å²) in [5, 5.41) is 5.34. The molecule has 2 atom stereocenters. The zero-order valence-electron chi connectivity index (χ0n) is 14.8. The molecule has 1 saturated carbocycles. The number of ether oxygens (including phenoxy) is 1. The van der Waals surface area contributed by atoms with Gasteiger partial charge in [-0.1, -0.05) is 12.1 Å². The normalized spacial score (nSPS) is 17.9. The molecule has 1 aliphatic carbocycles. The number of amides is 2. The number of anilines is 1. The molecule has 1 fully saturated rings. The van der Waals surface area contributed by atoms with Crippen LogP contribution in [0.2, 0.25) is 0 Å². The van der Waals surface area contributed by atoms with Crippen molar-refractivity contribution in [2.24, 2.45) is 11.8 Å². The molecule has 0 bridgehead atoms. The van der Waals surface area contributed by atoms with Crippen molar-refractivity contribution in [1.29, 1.82) is 0 Å². The lowest BCUT2D eigenvalue weighted by Gasteiger charge is -2.07. The van der Waals surface area contributed by atoms with Gasteiger partial charge in [0.2, 0.25) is 11.8 Å². The van der Waals surface area contributed by atoms with Crippen molar-refractivity contribution in [2.45, 2.75) is 12.8 Å². The number of methoxy groups -OCH3 is 1. The predicted octanol–water partition coefficient (Wildman–Crippen LogP) is 2.91. The van der Waals surface area contributed by atoms with Crippen LogP contribution in [-0.4, -0.2) is 25.5 Å². The van der Waals surface area contributed by atoms with Crippen LogP contribution < -0.4 is 15.4 Å². The zero-order valence-corrected chi connectivity index (χ0v) is 14.8. The summed E-state index contributed by atoms with van der Waals surface area (Å²) in [5.41, 5.74) is 1.21. The standard InChI is InChI=1S/C20H20F2N2O3/c1-27-14-4-2-3-12(9-14)7-8-23-19(25)15-11-16(15)20(26)24-13-5-6-17(21)18(22)10-13/h2-6,9-10,15-16H,7-8,11H2,1H3,(H,23,25)(H,24,26). The van der Waals surface area contributed by atoms with Gasteiger partial charge in [0.05, 0.1) is 18.9 Å². The first kappa shape index (κ1) is 18.8. The van der Waals surface area contributed by atoms with Crippen molar-refractivity contribution in [1.82, 2.24) is 5.32 Å². The Bertz CT molecular complexity index is 857. The molecular weight excluding hydrogens is 354 g/mol. The second-order valence-electron chi connectivity index (χ2n) is 6.46. The molecule has 0 heterocycles. The van der Waals surface area contributed by atoms with Crippen molar-refractivity contribution in [3.05, 3.63) is 59.7 Å². The Morgan fingerprint density at radius 2 is 1.85 bits per heavy atom. The summed E-state index contributed by atoms with van der Waals surface area (Å²) in [6.45, 7) is 0.458. The van der Waals surface area contributed by atoms with E-state index in [0.29, 0.717) is 19.4 Å². The van der Waals surface area contributed by atoms with Crippen LogP contribution in [0.25, 0.3) is 0 Å². The molecule has 0 saturated heterocycles. The number of hydrogen-bond donors (Lipinski definition) is 2. The molecule has 7 heteroatoms. The van der Waals surface area contributed by atoms with Gasteiger partial charge in [-0.05, 0) is 42.7 Å². The van der Waals surface area contributed by atoms with Crippen LogP contribution >= 0.6 is 0 Å². The van der Waals surface area contributed by atoms with Gasteiger partial charge >= 0.3 is 0 Å². The number of benzene rings is 2. The van der Waals surface area contributed by atoms with Gasteiger partial charge in [0.1, 0.15) is 5.75 Å². The van der Waals surface area contributed by atoms with Crippen LogP contribution in [-0.2, 0) is 16.0 Å². The molecule has 1 aliphatic rings. The molecule has 5 nitrogen and oxygen atoms in total. The minimum Gasteiger partial charge on any atom is -0.497 e. The Morgan fingerprint density at radius 1 is 1.07 bits per heavy atom. The van der Waals surface area contributed by atoms with Gasteiger partial charge in [0.25, 0.3) is 0 Å². The predicted molar refractivity (Wildman–Crippen MR) is 96.3 cm³/mol. The maximum Gasteiger partial charge on any atom is 0.228 e. The van der Waals surface area contributed by atoms with E-state index in [-0.39, 0.29) is 23.4 Å². The van der Waals surface area contributed by atoms with E-state index in [9.17, 15) is 18.4 Å². The Kier molecular flexibility index (Phi) is 5.69. The van der Waals surface area contributed by atoms with E-state index in [0.717, 1.165) is 23.4 Å². The number of rotatable bonds is 7. The van der Waals surface area contributed by atoms with E-state index < -0.39 is 17.6 Å². The first-order chi connectivity index (χ1) is 13.0. The molecule has 2 unspecified atom stereocenters. The number of carbonyl (C=O) groups is 2. The highest BCUT2D eigenvalue weighted by Gasteiger charge is 2.47. The smallest absolute Gasteiger partial charge is 0.228 e. The highest BCUT2D eigenvalue weighted by atomic mass is 19.2. The molecule has 2 N–H and O–H groups in total. The van der Waals surface area contributed by atoms with Crippen LogP contribution in [0.3, 0.4) is 0 Å². The van der Waals surface area contributed by atoms with Crippen LogP contribution in [0.1, 0.15) is 12.0 Å². The van der Waals surface area contributed by atoms with E-state index in [1.165, 1.54) is 6.07 Å². The Labute approximate surface area is 155 Å². The van der Waals surface area contributed by atoms with Crippen LogP contribution in [0, 0.1) is 23.5 Å². The molecule has 2 aromatic carbocycles. The first-order valence-corrected chi connectivity index (χ1v) is 8.64. The van der Waals surface area contributed by atoms with Crippen molar-refractivity contribution in [2.75, 3.05) is 19.0 Å². The van der Waals surface area contributed by atoms with E-state index >= 15 is 0 Å². The fourth-order valence-electron chi connectivity index (χ4n) is 2.87. The summed E-state index contributed by atoms with van der Waals surface area (Å²) in [6.07, 6.45) is 1.10. The van der Waals surface area contributed by atoms with Crippen molar-refractivity contribution >= 4 is 17.5 Å². The fraction of sp³-hybridized carbons (Fsp3) is 0.300. The quantitative estimate of drug-likeness (QED) is 0.783. The topological polar surface area (TPSA) is 67.4 Å². The van der Waals surface area contributed by atoms with Gasteiger partial charge in [-0.15, -0.1) is 0 Å². The number of nitrogens with one attached hydrogen (secondary N) is 2. The Morgan fingerprint density at radius 3 is 2.59 bits per heavy atom. The summed E-state index contributed by atoms with van der Waals surface area (Å²) >= 11 is 0. The molecule has 2 aromatic rings. The van der Waals surface area contributed by atoms with Crippen LogP contribution in [0.5, 0.6) is 5.75 Å². The summed E-state index contributed by atoms with van der Waals surface area (Å²) in [5.74, 6) is -2.63.